The summed E-state index contributed by atoms with van der Waals surface area (Å²) in [6.45, 7) is -0.116. The number of hydrogen-bond donors (Lipinski definition) is 0. The number of nitrogens with zero attached hydrogens (tertiary/aromatic N) is 4. The molecule has 5 aliphatic rings. The fourth-order valence-corrected chi connectivity index (χ4v) is 19.6. The van der Waals surface area contributed by atoms with Gasteiger partial charge in [0.2, 0.25) is 0 Å². The second kappa shape index (κ2) is 22.7. The molecule has 3 aliphatic carbocycles. The van der Waals surface area contributed by atoms with E-state index in [1.807, 2.05) is 0 Å². The van der Waals surface area contributed by atoms with Crippen molar-refractivity contribution in [3.63, 3.8) is 0 Å². The molecule has 15 aromatic rings. The van der Waals surface area contributed by atoms with Crippen molar-refractivity contribution in [1.29, 1.82) is 0 Å². The van der Waals surface area contributed by atoms with E-state index < -0.39 is 0 Å². The Morgan fingerprint density at radius 2 is 0.781 bits per heavy atom. The quantitative estimate of drug-likeness (QED) is 0.135. The van der Waals surface area contributed by atoms with Gasteiger partial charge in [-0.25, -0.2) is 0 Å². The van der Waals surface area contributed by atoms with E-state index in [0.29, 0.717) is 29.7 Å². The van der Waals surface area contributed by atoms with Gasteiger partial charge in [0.1, 0.15) is 11.2 Å². The molecule has 6 heteroatoms. The van der Waals surface area contributed by atoms with E-state index in [0.717, 1.165) is 27.6 Å². The molecule has 3 aromatic heterocycles. The molecule has 0 spiro atoms. The lowest BCUT2D eigenvalue weighted by molar-refractivity contribution is 0.0839. The molecule has 3 fully saturated rings. The summed E-state index contributed by atoms with van der Waals surface area (Å²) < 4.78 is 11.8. The zero-order chi connectivity index (χ0) is 63.0. The van der Waals surface area contributed by atoms with Gasteiger partial charge in [-0.05, 0) is 154 Å². The zero-order valence-electron chi connectivity index (χ0n) is 54.3. The monoisotopic (exact) mass is 1240 g/mol. The minimum atomic E-state index is -0.116. The Labute approximate surface area is 561 Å². The van der Waals surface area contributed by atoms with E-state index in [2.05, 4.69) is 286 Å². The van der Waals surface area contributed by atoms with Gasteiger partial charge in [-0.3, -0.25) is 0 Å². The fraction of sp³-hybridized carbons (Fsp3) is 0.200. The predicted octanol–water partition coefficient (Wildman–Crippen LogP) is 22.5. The van der Waals surface area contributed by atoms with Crippen LogP contribution in [0.25, 0.3) is 110 Å². The number of furan rings is 1. The van der Waals surface area contributed by atoms with E-state index >= 15 is 0 Å². The molecular formula is C90H75BN4O. The molecular weight excluding hydrogens is 1160 g/mol. The predicted molar refractivity (Wildman–Crippen MR) is 404 cm³/mol. The lowest BCUT2D eigenvalue weighted by atomic mass is 9.33. The maximum absolute atomic E-state index is 6.67. The van der Waals surface area contributed by atoms with Crippen LogP contribution in [0.5, 0.6) is 0 Å². The van der Waals surface area contributed by atoms with Crippen molar-refractivity contribution >= 4 is 117 Å². The largest absolute Gasteiger partial charge is 0.456 e. The van der Waals surface area contributed by atoms with Crippen LogP contribution in [-0.4, -0.2) is 21.9 Å². The van der Waals surface area contributed by atoms with Gasteiger partial charge in [-0.15, -0.1) is 0 Å². The van der Waals surface area contributed by atoms with Crippen LogP contribution in [0.15, 0.2) is 271 Å². The van der Waals surface area contributed by atoms with Crippen molar-refractivity contribution in [3.05, 3.63) is 267 Å². The minimum Gasteiger partial charge on any atom is -0.456 e. The molecule has 0 radical (unpaired) electrons. The first-order chi connectivity index (χ1) is 47.7. The van der Waals surface area contributed by atoms with E-state index in [9.17, 15) is 0 Å². The maximum atomic E-state index is 6.67. The van der Waals surface area contributed by atoms with Gasteiger partial charge in [0, 0.05) is 83.6 Å². The van der Waals surface area contributed by atoms with Crippen molar-refractivity contribution in [2.24, 2.45) is 23.7 Å². The first-order valence-corrected chi connectivity index (χ1v) is 35.8. The Hall–Kier alpha value is -10.3. The SMILES string of the molecule is c1ccc(-c2cccc(-c3ccccc3)c2N2c3cc(-n4c5ccccc5c5ccccc54)ccc3B3c4ccc(-n5c6ccccc6c6ccccc65)cc4N(C4C(C5CCCCC5)CCCC4C4CCCCC4)c4cc(-c5ccc6oc7ccccc7c6c5)cc2c43)cc1. The highest BCUT2D eigenvalue weighted by Gasteiger charge is 2.51. The van der Waals surface area contributed by atoms with Crippen molar-refractivity contribution in [1.82, 2.24) is 9.13 Å². The molecule has 0 saturated heterocycles. The number of anilines is 5. The molecule has 0 bridgehead atoms. The Morgan fingerprint density at radius 3 is 1.33 bits per heavy atom. The van der Waals surface area contributed by atoms with Gasteiger partial charge in [-0.2, -0.15) is 0 Å². The van der Waals surface area contributed by atoms with Crippen LogP contribution >= 0.6 is 0 Å². The van der Waals surface area contributed by atoms with Gasteiger partial charge in [-0.1, -0.05) is 259 Å². The standard InChI is InChI=1S/C90H75BN4O/c1-5-25-58(26-6-1)66-38-23-39-67(59-27-7-2-8-28-59)89(66)94-82-56-64(92-78-42-18-13-33-70(78)71-34-14-19-43-79(71)92)48-50-76(82)91-77-51-49-65(93-80-44-20-15-35-72(80)73-36-16-21-45-81(73)93)57-83(77)95(90-68(60-29-9-3-10-30-60)40-24-41-69(90)61-31-11-4-12-32-61)85-55-63(54-84(94)88(85)91)62-47-52-87-75(53-62)74-37-17-22-46-86(74)96-87/h1-2,5-8,13-23,25-28,33-39,42-57,60-61,68-69,90H,3-4,9-12,24,29-32,40-41H2. The fourth-order valence-electron chi connectivity index (χ4n) is 19.6. The second-order valence-corrected chi connectivity index (χ2v) is 28.6. The molecule has 12 aromatic carbocycles. The van der Waals surface area contributed by atoms with E-state index in [-0.39, 0.29) is 6.71 Å². The molecule has 0 amide bonds. The zero-order valence-corrected chi connectivity index (χ0v) is 54.3. The first-order valence-electron chi connectivity index (χ1n) is 35.8. The third-order valence-corrected chi connectivity index (χ3v) is 23.7. The summed E-state index contributed by atoms with van der Waals surface area (Å²) in [5.41, 5.74) is 26.7. The smallest absolute Gasteiger partial charge is 0.252 e. The molecule has 2 aliphatic heterocycles. The van der Waals surface area contributed by atoms with Gasteiger partial charge in [0.25, 0.3) is 6.71 Å². The number of aromatic nitrogens is 2. The summed E-state index contributed by atoms with van der Waals surface area (Å²) in [5.74, 6) is 2.44. The number of para-hydroxylation sites is 6. The number of fused-ring (bicyclic) bond motifs is 13. The third-order valence-electron chi connectivity index (χ3n) is 23.7. The molecule has 20 rings (SSSR count). The molecule has 96 heavy (non-hydrogen) atoms. The Morgan fingerprint density at radius 1 is 0.312 bits per heavy atom. The topological polar surface area (TPSA) is 29.5 Å². The molecule has 5 nitrogen and oxygen atoms in total. The Balaban J connectivity index is 0.944. The number of hydrogen-bond acceptors (Lipinski definition) is 3. The van der Waals surface area contributed by atoms with E-state index in [1.165, 1.54) is 211 Å². The summed E-state index contributed by atoms with van der Waals surface area (Å²) >= 11 is 0. The van der Waals surface area contributed by atoms with Gasteiger partial charge < -0.3 is 23.4 Å². The summed E-state index contributed by atoms with van der Waals surface area (Å²) in [6.07, 6.45) is 17.2. The van der Waals surface area contributed by atoms with Crippen molar-refractivity contribution < 1.29 is 4.42 Å². The van der Waals surface area contributed by atoms with Crippen LogP contribution < -0.4 is 26.2 Å². The van der Waals surface area contributed by atoms with Crippen molar-refractivity contribution in [3.8, 4) is 44.8 Å². The minimum absolute atomic E-state index is 0.116. The van der Waals surface area contributed by atoms with Crippen LogP contribution in [0.1, 0.15) is 83.5 Å². The van der Waals surface area contributed by atoms with Crippen molar-refractivity contribution in [2.75, 3.05) is 9.80 Å². The summed E-state index contributed by atoms with van der Waals surface area (Å²) in [4.78, 5) is 5.88. The number of benzene rings is 12. The molecule has 0 N–H and O–H groups in total. The summed E-state index contributed by atoms with van der Waals surface area (Å²) in [6, 6.07) is 102. The average Bonchev–Trinajstić information content (AvgIpc) is 0.834. The lowest BCUT2D eigenvalue weighted by Crippen LogP contribution is -2.64. The molecule has 2 atom stereocenters. The highest BCUT2D eigenvalue weighted by atomic mass is 16.3. The highest BCUT2D eigenvalue weighted by Crippen LogP contribution is 2.55. The highest BCUT2D eigenvalue weighted by molar-refractivity contribution is 7.00. The Kier molecular flexibility index (Phi) is 13.3. The van der Waals surface area contributed by atoms with Crippen LogP contribution in [0.2, 0.25) is 0 Å². The number of rotatable bonds is 9. The van der Waals surface area contributed by atoms with Crippen LogP contribution in [0, 0.1) is 23.7 Å². The van der Waals surface area contributed by atoms with E-state index in [4.69, 9.17) is 4.42 Å². The van der Waals surface area contributed by atoms with E-state index in [1.54, 1.807) is 0 Å². The van der Waals surface area contributed by atoms with Crippen LogP contribution in [0.4, 0.5) is 28.4 Å². The Bertz CT molecular complexity index is 5360. The molecule has 464 valence electrons. The molecule has 5 heterocycles. The first kappa shape index (κ1) is 56.1. The summed E-state index contributed by atoms with van der Waals surface area (Å²) in [7, 11) is 0. The van der Waals surface area contributed by atoms with Crippen LogP contribution in [-0.2, 0) is 0 Å². The van der Waals surface area contributed by atoms with Gasteiger partial charge >= 0.3 is 0 Å². The average molecular weight is 1240 g/mol. The molecule has 3 saturated carbocycles. The summed E-state index contributed by atoms with van der Waals surface area (Å²) in [5, 5.41) is 7.38. The van der Waals surface area contributed by atoms with Gasteiger partial charge in [0.05, 0.1) is 27.8 Å². The van der Waals surface area contributed by atoms with Gasteiger partial charge in [0.15, 0.2) is 0 Å². The maximum Gasteiger partial charge on any atom is 0.252 e. The second-order valence-electron chi connectivity index (χ2n) is 28.6. The normalized spacial score (nSPS) is 18.2. The lowest BCUT2D eigenvalue weighted by Gasteiger charge is -2.55. The third kappa shape index (κ3) is 8.76. The van der Waals surface area contributed by atoms with Crippen molar-refractivity contribution in [2.45, 2.75) is 89.5 Å². The molecule has 2 unspecified atom stereocenters. The van der Waals surface area contributed by atoms with Crippen LogP contribution in [0.3, 0.4) is 0 Å².